The first-order chi connectivity index (χ1) is 23.5. The summed E-state index contributed by atoms with van der Waals surface area (Å²) in [5, 5.41) is 15.6. The van der Waals surface area contributed by atoms with Gasteiger partial charge in [0.1, 0.15) is 11.9 Å². The molecule has 8 N–H and O–H groups in total. The lowest BCUT2D eigenvalue weighted by atomic mass is 10.1. The number of rotatable bonds is 12. The van der Waals surface area contributed by atoms with Crippen molar-refractivity contribution in [1.82, 2.24) is 15.2 Å². The molecule has 300 valence electrons. The minimum atomic E-state index is -5.08. The second-order valence-electron chi connectivity index (χ2n) is 10.8. The highest BCUT2D eigenvalue weighted by Crippen LogP contribution is 2.32. The Balaban J connectivity index is 0. The normalized spacial score (nSPS) is 11.8. The number of halogens is 6. The number of carbonyl (C=O) groups excluding carboxylic acids is 2. The molecule has 1 aromatic heterocycles. The van der Waals surface area contributed by atoms with Gasteiger partial charge in [-0.3, -0.25) is 19.0 Å². The van der Waals surface area contributed by atoms with Gasteiger partial charge in [0, 0.05) is 36.6 Å². The van der Waals surface area contributed by atoms with E-state index in [1.54, 1.807) is 43.6 Å². The van der Waals surface area contributed by atoms with Gasteiger partial charge in [-0.2, -0.15) is 13.2 Å². The minimum absolute atomic E-state index is 0. The highest BCUT2D eigenvalue weighted by atomic mass is 19.4. The Bertz CT molecular complexity index is 1700. The number of methoxy groups -OCH3 is 1. The number of alkyl carbamates (subject to hydrolysis) is 1. The van der Waals surface area contributed by atoms with E-state index in [1.165, 1.54) is 19.2 Å². The average molecular weight is 780 g/mol. The number of urea groups is 1. The van der Waals surface area contributed by atoms with E-state index in [9.17, 15) is 22.8 Å². The zero-order valence-corrected chi connectivity index (χ0v) is 28.9. The smallest absolute Gasteiger partial charge is 0.490 e. The molecule has 1 fully saturated rings. The quantitative estimate of drug-likeness (QED) is 0.126. The molecule has 4 aromatic rings. The standard InChI is InChI=1S/C32H35N5O5.C2HF3O2.3FH.2H2O/c1-3-37(26-13-14-26)20-30(23-9-5-4-6-10-23)42-32(39)34-18-22-8-7-11-24(16-22)35-31(38)36-25-12-15-27(28(17-25)40-2)29-19-33-21-41-29;3-2(4,5)1(6)7;;;;;/h4-12,15-17,19,21,26,30H,3,13-14,18,20H2,1-2H3,(H,34,39)(H2,35,36,38);(H,6,7);3*1H;2*1H2. The Morgan fingerprint density at radius 3 is 2.13 bits per heavy atom. The van der Waals surface area contributed by atoms with Crippen molar-refractivity contribution in [3.63, 3.8) is 0 Å². The van der Waals surface area contributed by atoms with E-state index in [-0.39, 0.29) is 37.7 Å². The molecule has 0 radical (unpaired) electrons. The number of carboxylic acid groups (broad SMARTS) is 1. The molecule has 1 aliphatic carbocycles. The lowest BCUT2D eigenvalue weighted by Gasteiger charge is -2.26. The highest BCUT2D eigenvalue weighted by molar-refractivity contribution is 6.00. The van der Waals surface area contributed by atoms with E-state index in [4.69, 9.17) is 23.8 Å². The summed E-state index contributed by atoms with van der Waals surface area (Å²) < 4.78 is 48.4. The predicted octanol–water partition coefficient (Wildman–Crippen LogP) is 5.89. The number of hydrogen-bond donors (Lipinski definition) is 4. The number of ether oxygens (including phenoxy) is 2. The van der Waals surface area contributed by atoms with Gasteiger partial charge in [-0.1, -0.05) is 49.4 Å². The van der Waals surface area contributed by atoms with Crippen LogP contribution in [0.2, 0.25) is 0 Å². The number of alkyl halides is 3. The first-order valence-corrected chi connectivity index (χ1v) is 15.2. The molecule has 20 heteroatoms. The van der Waals surface area contributed by atoms with E-state index in [0.717, 1.165) is 23.2 Å². The Morgan fingerprint density at radius 1 is 0.963 bits per heavy atom. The van der Waals surface area contributed by atoms with Crippen LogP contribution >= 0.6 is 0 Å². The van der Waals surface area contributed by atoms with Crippen LogP contribution in [0.1, 0.15) is 37.0 Å². The zero-order chi connectivity index (χ0) is 35.4. The van der Waals surface area contributed by atoms with E-state index >= 15 is 0 Å². The molecule has 54 heavy (non-hydrogen) atoms. The number of nitrogens with zero attached hydrogens (tertiary/aromatic N) is 2. The van der Waals surface area contributed by atoms with Crippen molar-refractivity contribution < 1.29 is 71.6 Å². The number of aliphatic carboxylic acids is 1. The number of likely N-dealkylation sites (N-methyl/N-ethyl adjacent to an activating group) is 1. The number of anilines is 2. The van der Waals surface area contributed by atoms with Crippen LogP contribution in [-0.4, -0.2) is 76.5 Å². The summed E-state index contributed by atoms with van der Waals surface area (Å²) in [6.07, 6.45) is -0.627. The lowest BCUT2D eigenvalue weighted by molar-refractivity contribution is -0.192. The molecule has 3 amide bonds. The molecule has 0 saturated heterocycles. The first kappa shape index (κ1) is 50.2. The third kappa shape index (κ3) is 15.4. The van der Waals surface area contributed by atoms with Gasteiger partial charge in [0.05, 0.1) is 18.9 Å². The van der Waals surface area contributed by atoms with Gasteiger partial charge < -0.3 is 45.9 Å². The van der Waals surface area contributed by atoms with Crippen molar-refractivity contribution in [3.05, 3.63) is 96.5 Å². The molecule has 0 bridgehead atoms. The molecule has 0 spiro atoms. The number of hydrogen-bond acceptors (Lipinski definition) is 8. The molecule has 1 heterocycles. The monoisotopic (exact) mass is 779 g/mol. The lowest BCUT2D eigenvalue weighted by Crippen LogP contribution is -2.34. The SMILES string of the molecule is CCN(CC(OC(=O)NCc1cccc(NC(=O)Nc2ccc(-c3cnco3)c(OC)c2)c1)c1ccccc1)C1CC1.F.F.F.O.O.O=C(O)C(F)(F)F. The topological polar surface area (TPSA) is 218 Å². The number of benzene rings is 3. The minimum Gasteiger partial charge on any atom is -0.496 e. The molecule has 1 aliphatic rings. The summed E-state index contributed by atoms with van der Waals surface area (Å²) in [6.45, 7) is 3.95. The summed E-state index contributed by atoms with van der Waals surface area (Å²) in [7, 11) is 1.55. The summed E-state index contributed by atoms with van der Waals surface area (Å²) in [5.74, 6) is -1.66. The molecular weight excluding hydrogens is 736 g/mol. The zero-order valence-electron chi connectivity index (χ0n) is 28.9. The molecule has 1 saturated carbocycles. The molecule has 3 aromatic carbocycles. The highest BCUT2D eigenvalue weighted by Gasteiger charge is 2.38. The van der Waals surface area contributed by atoms with Crippen LogP contribution in [0.5, 0.6) is 5.75 Å². The van der Waals surface area contributed by atoms with Crippen molar-refractivity contribution in [2.75, 3.05) is 30.8 Å². The Hall–Kier alpha value is -5.86. The van der Waals surface area contributed by atoms with Crippen molar-refractivity contribution in [2.45, 2.75) is 44.6 Å². The van der Waals surface area contributed by atoms with Crippen LogP contribution in [-0.2, 0) is 16.1 Å². The molecular formula is C34H43F6N5O9. The van der Waals surface area contributed by atoms with Crippen LogP contribution in [0.25, 0.3) is 11.3 Å². The van der Waals surface area contributed by atoms with E-state index in [1.807, 2.05) is 42.5 Å². The number of carbonyl (C=O) groups is 3. The summed E-state index contributed by atoms with van der Waals surface area (Å²) >= 11 is 0. The molecule has 0 aliphatic heterocycles. The Kier molecular flexibility index (Phi) is 22.0. The van der Waals surface area contributed by atoms with Crippen molar-refractivity contribution in [3.8, 4) is 17.1 Å². The van der Waals surface area contributed by atoms with Crippen LogP contribution < -0.4 is 20.7 Å². The number of nitrogens with one attached hydrogen (secondary N) is 3. The van der Waals surface area contributed by atoms with Gasteiger partial charge in [-0.15, -0.1) is 0 Å². The molecule has 14 nitrogen and oxygen atoms in total. The fraction of sp³-hybridized carbons (Fsp3) is 0.294. The van der Waals surface area contributed by atoms with Crippen LogP contribution in [0, 0.1) is 0 Å². The fourth-order valence-electron chi connectivity index (χ4n) is 4.79. The number of aromatic nitrogens is 1. The summed E-state index contributed by atoms with van der Waals surface area (Å²) in [6, 6.07) is 22.5. The largest absolute Gasteiger partial charge is 0.496 e. The Labute approximate surface area is 305 Å². The van der Waals surface area contributed by atoms with Crippen molar-refractivity contribution in [2.24, 2.45) is 0 Å². The van der Waals surface area contributed by atoms with Crippen LogP contribution in [0.15, 0.2) is 89.8 Å². The maximum Gasteiger partial charge on any atom is 0.490 e. The fourth-order valence-corrected chi connectivity index (χ4v) is 4.79. The van der Waals surface area contributed by atoms with E-state index < -0.39 is 24.3 Å². The predicted molar refractivity (Wildman–Crippen MR) is 189 cm³/mol. The second kappa shape index (κ2) is 23.7. The maximum absolute atomic E-state index is 12.8. The molecule has 1 unspecified atom stereocenters. The third-order valence-electron chi connectivity index (χ3n) is 7.31. The van der Waals surface area contributed by atoms with Gasteiger partial charge in [0.2, 0.25) is 0 Å². The van der Waals surface area contributed by atoms with Gasteiger partial charge in [0.25, 0.3) is 0 Å². The second-order valence-corrected chi connectivity index (χ2v) is 10.8. The summed E-state index contributed by atoms with van der Waals surface area (Å²) in [5.41, 5.74) is 3.63. The summed E-state index contributed by atoms with van der Waals surface area (Å²) in [4.78, 5) is 40.7. The van der Waals surface area contributed by atoms with Crippen molar-refractivity contribution >= 4 is 29.5 Å². The first-order valence-electron chi connectivity index (χ1n) is 15.2. The third-order valence-corrected chi connectivity index (χ3v) is 7.31. The Morgan fingerprint density at radius 2 is 1.59 bits per heavy atom. The number of oxazole rings is 1. The maximum atomic E-state index is 12.8. The number of amides is 3. The van der Waals surface area contributed by atoms with Crippen LogP contribution in [0.3, 0.4) is 0 Å². The van der Waals surface area contributed by atoms with E-state index in [0.29, 0.717) is 35.5 Å². The van der Waals surface area contributed by atoms with Gasteiger partial charge >= 0.3 is 24.3 Å². The molecule has 1 atom stereocenters. The van der Waals surface area contributed by atoms with Gasteiger partial charge in [-0.25, -0.2) is 19.4 Å². The van der Waals surface area contributed by atoms with Crippen LogP contribution in [0.4, 0.5) is 48.2 Å². The molecule has 5 rings (SSSR count). The average Bonchev–Trinajstić information content (AvgIpc) is 3.78. The van der Waals surface area contributed by atoms with Gasteiger partial charge in [0.15, 0.2) is 12.2 Å². The van der Waals surface area contributed by atoms with E-state index in [2.05, 4.69) is 32.8 Å². The van der Waals surface area contributed by atoms with Gasteiger partial charge in [-0.05, 0) is 54.8 Å². The number of carboxylic acids is 1. The van der Waals surface area contributed by atoms with Crippen molar-refractivity contribution in [1.29, 1.82) is 0 Å².